The van der Waals surface area contributed by atoms with Crippen LogP contribution in [0.1, 0.15) is 30.0 Å². The highest BCUT2D eigenvalue weighted by Gasteiger charge is 2.24. The molecular formula is C40H30N2. The lowest BCUT2D eigenvalue weighted by Crippen LogP contribution is -2.05. The van der Waals surface area contributed by atoms with Crippen LogP contribution in [0.2, 0.25) is 0 Å². The minimum absolute atomic E-state index is 0.967. The van der Waals surface area contributed by atoms with Crippen LogP contribution in [0.3, 0.4) is 0 Å². The Bertz CT molecular complexity index is 2320. The largest absolute Gasteiger partial charge is 0.405 e. The van der Waals surface area contributed by atoms with Crippen LogP contribution in [0, 0.1) is 0 Å². The van der Waals surface area contributed by atoms with Gasteiger partial charge in [-0.05, 0) is 110 Å². The molecule has 200 valence electrons. The highest BCUT2D eigenvalue weighted by atomic mass is 14.7. The van der Waals surface area contributed by atoms with Crippen molar-refractivity contribution in [3.8, 4) is 11.3 Å². The van der Waals surface area contributed by atoms with E-state index in [9.17, 15) is 0 Å². The summed E-state index contributed by atoms with van der Waals surface area (Å²) >= 11 is 0. The quantitative estimate of drug-likeness (QED) is 0.138. The molecule has 6 aromatic carbocycles. The number of hydrogen-bond donors (Lipinski definition) is 1. The molecular weight excluding hydrogens is 508 g/mol. The molecule has 0 amide bonds. The van der Waals surface area contributed by atoms with E-state index in [0.717, 1.165) is 29.6 Å². The van der Waals surface area contributed by atoms with Gasteiger partial charge >= 0.3 is 0 Å². The Morgan fingerprint density at radius 3 is 2.19 bits per heavy atom. The zero-order valence-corrected chi connectivity index (χ0v) is 23.6. The van der Waals surface area contributed by atoms with Crippen molar-refractivity contribution < 1.29 is 0 Å². The predicted molar refractivity (Wildman–Crippen MR) is 182 cm³/mol. The van der Waals surface area contributed by atoms with E-state index >= 15 is 0 Å². The van der Waals surface area contributed by atoms with Gasteiger partial charge in [-0.1, -0.05) is 97.1 Å². The molecule has 0 atom stereocenters. The van der Waals surface area contributed by atoms with Crippen LogP contribution in [-0.4, -0.2) is 4.98 Å². The number of nitrogens with two attached hydrogens (primary N) is 1. The lowest BCUT2D eigenvalue weighted by molar-refractivity contribution is 0.988. The molecule has 2 N–H and O–H groups in total. The van der Waals surface area contributed by atoms with E-state index < -0.39 is 0 Å². The van der Waals surface area contributed by atoms with Crippen molar-refractivity contribution in [3.63, 3.8) is 0 Å². The van der Waals surface area contributed by atoms with Gasteiger partial charge < -0.3 is 5.73 Å². The summed E-state index contributed by atoms with van der Waals surface area (Å²) in [4.78, 5) is 5.55. The number of aromatic nitrogens is 1. The summed E-state index contributed by atoms with van der Waals surface area (Å²) in [5.74, 6) is 0. The normalized spacial score (nSPS) is 13.7. The Labute approximate surface area is 245 Å². The van der Waals surface area contributed by atoms with Gasteiger partial charge in [-0.25, -0.2) is 4.98 Å². The first kappa shape index (κ1) is 24.6. The summed E-state index contributed by atoms with van der Waals surface area (Å²) in [5, 5.41) is 11.1. The third kappa shape index (κ3) is 3.62. The van der Waals surface area contributed by atoms with Crippen LogP contribution in [-0.2, 0) is 6.42 Å². The molecule has 1 aliphatic rings. The molecule has 0 spiro atoms. The second-order valence-electron chi connectivity index (χ2n) is 11.1. The standard InChI is InChI=1S/C40H30N2/c1-2-25(21-22-41)37-30-15-7-9-17-32(30)39(33-18-10-8-16-31(33)37)40-35-24-28-13-4-3-12-27(28)23-34(35)38-29-14-6-5-11-26(29)19-20-36(38)42-40/h2-9,11-17,19-24H,10,18,41H2,1H3/b22-21-,25-2+. The fraction of sp³-hybridized carbons (Fsp3) is 0.0750. The number of hydrogen-bond acceptors (Lipinski definition) is 2. The van der Waals surface area contributed by atoms with Crippen LogP contribution in [0.25, 0.3) is 76.9 Å². The molecule has 42 heavy (non-hydrogen) atoms. The molecule has 8 rings (SSSR count). The summed E-state index contributed by atoms with van der Waals surface area (Å²) in [7, 11) is 0. The van der Waals surface area contributed by atoms with E-state index in [-0.39, 0.29) is 0 Å². The number of fused-ring (bicyclic) bond motifs is 8. The van der Waals surface area contributed by atoms with Gasteiger partial charge in [0.1, 0.15) is 0 Å². The SMILES string of the molecule is C/C=C(\C=C/N)c1c2c(c(-c3nc4ccc5ccccc5c4c4cc5ccccc5cc34)c3ccccc13)CCC=C2. The van der Waals surface area contributed by atoms with E-state index in [1.54, 1.807) is 6.20 Å². The molecule has 0 fully saturated rings. The summed E-state index contributed by atoms with van der Waals surface area (Å²) in [6.45, 7) is 2.09. The molecule has 2 nitrogen and oxygen atoms in total. The molecule has 1 aliphatic carbocycles. The minimum atomic E-state index is 0.967. The second kappa shape index (κ2) is 9.71. The Hall–Kier alpha value is -5.21. The minimum Gasteiger partial charge on any atom is -0.405 e. The number of nitrogens with zero attached hydrogens (tertiary/aromatic N) is 1. The van der Waals surface area contributed by atoms with Crippen LogP contribution >= 0.6 is 0 Å². The second-order valence-corrected chi connectivity index (χ2v) is 11.1. The number of pyridine rings is 1. The van der Waals surface area contributed by atoms with Crippen LogP contribution in [0.5, 0.6) is 0 Å². The average Bonchev–Trinajstić information content (AvgIpc) is 3.05. The Morgan fingerprint density at radius 1 is 0.738 bits per heavy atom. The van der Waals surface area contributed by atoms with Gasteiger partial charge in [0.05, 0.1) is 11.2 Å². The molecule has 1 aromatic heterocycles. The maximum atomic E-state index is 5.93. The summed E-state index contributed by atoms with van der Waals surface area (Å²) in [5.41, 5.74) is 14.3. The summed E-state index contributed by atoms with van der Waals surface area (Å²) in [6.07, 6.45) is 12.4. The van der Waals surface area contributed by atoms with Crippen molar-refractivity contribution in [2.24, 2.45) is 5.73 Å². The van der Waals surface area contributed by atoms with Crippen molar-refractivity contribution in [2.75, 3.05) is 0 Å². The predicted octanol–water partition coefficient (Wildman–Crippen LogP) is 10.3. The zero-order valence-electron chi connectivity index (χ0n) is 23.6. The Balaban J connectivity index is 1.60. The molecule has 0 radical (unpaired) electrons. The van der Waals surface area contributed by atoms with Crippen molar-refractivity contribution in [1.82, 2.24) is 4.98 Å². The highest BCUT2D eigenvalue weighted by Crippen LogP contribution is 2.46. The number of benzene rings is 6. The van der Waals surface area contributed by atoms with Crippen LogP contribution in [0.15, 0.2) is 121 Å². The summed E-state index contributed by atoms with van der Waals surface area (Å²) in [6, 6.07) is 35.3. The smallest absolute Gasteiger partial charge is 0.0797 e. The van der Waals surface area contributed by atoms with E-state index in [2.05, 4.69) is 122 Å². The Morgan fingerprint density at radius 2 is 1.43 bits per heavy atom. The Kier molecular flexibility index (Phi) is 5.68. The third-order valence-corrected chi connectivity index (χ3v) is 8.87. The third-order valence-electron chi connectivity index (χ3n) is 8.87. The van der Waals surface area contributed by atoms with Crippen molar-refractivity contribution in [3.05, 3.63) is 138 Å². The van der Waals surface area contributed by atoms with Crippen molar-refractivity contribution in [2.45, 2.75) is 19.8 Å². The van der Waals surface area contributed by atoms with E-state index in [1.807, 2.05) is 6.08 Å². The zero-order chi connectivity index (χ0) is 28.2. The van der Waals surface area contributed by atoms with Gasteiger partial charge in [-0.2, -0.15) is 0 Å². The van der Waals surface area contributed by atoms with Gasteiger partial charge in [0, 0.05) is 16.3 Å². The topological polar surface area (TPSA) is 38.9 Å². The molecule has 2 heteroatoms. The fourth-order valence-electron chi connectivity index (χ4n) is 7.04. The maximum Gasteiger partial charge on any atom is 0.0797 e. The summed E-state index contributed by atoms with van der Waals surface area (Å²) < 4.78 is 0. The lowest BCUT2D eigenvalue weighted by atomic mass is 9.80. The molecule has 0 saturated carbocycles. The van der Waals surface area contributed by atoms with E-state index in [4.69, 9.17) is 10.7 Å². The monoisotopic (exact) mass is 538 g/mol. The van der Waals surface area contributed by atoms with Gasteiger partial charge in [0.15, 0.2) is 0 Å². The molecule has 7 aromatic rings. The first-order chi connectivity index (χ1) is 20.8. The van der Waals surface area contributed by atoms with Crippen LogP contribution < -0.4 is 5.73 Å². The van der Waals surface area contributed by atoms with Gasteiger partial charge in [0.2, 0.25) is 0 Å². The van der Waals surface area contributed by atoms with Crippen molar-refractivity contribution >= 4 is 65.6 Å². The van der Waals surface area contributed by atoms with Gasteiger partial charge in [-0.15, -0.1) is 0 Å². The lowest BCUT2D eigenvalue weighted by Gasteiger charge is -2.24. The molecule has 0 unspecified atom stereocenters. The molecule has 0 aliphatic heterocycles. The number of allylic oxidation sites excluding steroid dienone is 4. The highest BCUT2D eigenvalue weighted by molar-refractivity contribution is 6.24. The maximum absolute atomic E-state index is 5.93. The van der Waals surface area contributed by atoms with Gasteiger partial charge in [0.25, 0.3) is 0 Å². The fourth-order valence-corrected chi connectivity index (χ4v) is 7.04. The number of rotatable bonds is 3. The first-order valence-electron chi connectivity index (χ1n) is 14.7. The molecule has 0 saturated heterocycles. The molecule has 0 bridgehead atoms. The first-order valence-corrected chi connectivity index (χ1v) is 14.7. The molecule has 1 heterocycles. The van der Waals surface area contributed by atoms with Gasteiger partial charge in [-0.3, -0.25) is 0 Å². The van der Waals surface area contributed by atoms with Crippen molar-refractivity contribution in [1.29, 1.82) is 0 Å². The van der Waals surface area contributed by atoms with Crippen LogP contribution in [0.4, 0.5) is 0 Å². The van der Waals surface area contributed by atoms with E-state index in [0.29, 0.717) is 0 Å². The van der Waals surface area contributed by atoms with E-state index in [1.165, 1.54) is 70.7 Å². The average molecular weight is 539 g/mol.